The summed E-state index contributed by atoms with van der Waals surface area (Å²) in [5, 5.41) is 0. The van der Waals surface area contributed by atoms with Gasteiger partial charge in [-0.2, -0.15) is 0 Å². The van der Waals surface area contributed by atoms with Gasteiger partial charge in [-0.25, -0.2) is 0 Å². The van der Waals surface area contributed by atoms with Gasteiger partial charge in [0.2, 0.25) is 0 Å². The molecule has 0 heterocycles. The molecule has 0 fully saturated rings. The molecule has 0 aromatic rings. The van der Waals surface area contributed by atoms with Crippen LogP contribution in [0.2, 0.25) is 0 Å². The van der Waals surface area contributed by atoms with Crippen molar-refractivity contribution in [2.24, 2.45) is 0 Å². The van der Waals surface area contributed by atoms with Crippen molar-refractivity contribution in [3.63, 3.8) is 0 Å². The number of allylic oxidation sites excluding steroid dienone is 6. The monoisotopic (exact) mass is 1010 g/mol. The lowest BCUT2D eigenvalue weighted by atomic mass is 10.0. The van der Waals surface area contributed by atoms with Gasteiger partial charge in [-0.15, -0.1) is 0 Å². The predicted molar refractivity (Wildman–Crippen MR) is 312 cm³/mol. The standard InChI is InChI=1S/C66H122O6/c1-4-7-10-13-16-19-22-24-26-27-28-29-30-31-32-33-34-35-36-37-38-39-41-42-44-47-50-53-56-59-65(68)71-62-63(61-70-64(67)58-55-52-49-46-21-18-15-12-9-6-3)72-66(69)60-57-54-51-48-45-43-40-25-23-20-17-14-11-8-5-2/h12,15,17,20,25,40,63H,4-11,13-14,16,18-19,21-24,26-39,41-62H2,1-3H3/b15-12-,20-17-,40-25-. The third-order valence-corrected chi connectivity index (χ3v) is 14.3. The minimum absolute atomic E-state index is 0.0771. The van der Waals surface area contributed by atoms with Gasteiger partial charge in [0.05, 0.1) is 0 Å². The van der Waals surface area contributed by atoms with Crippen LogP contribution in [0.5, 0.6) is 0 Å². The van der Waals surface area contributed by atoms with Crippen molar-refractivity contribution >= 4 is 17.9 Å². The molecule has 0 aromatic heterocycles. The average Bonchev–Trinajstić information content (AvgIpc) is 3.38. The van der Waals surface area contributed by atoms with Crippen LogP contribution in [0.3, 0.4) is 0 Å². The number of ether oxygens (including phenoxy) is 3. The van der Waals surface area contributed by atoms with E-state index in [9.17, 15) is 14.4 Å². The topological polar surface area (TPSA) is 78.9 Å². The summed E-state index contributed by atoms with van der Waals surface area (Å²) >= 11 is 0. The van der Waals surface area contributed by atoms with Crippen LogP contribution in [-0.4, -0.2) is 37.2 Å². The molecule has 0 saturated heterocycles. The Hall–Kier alpha value is -2.37. The maximum Gasteiger partial charge on any atom is 0.306 e. The summed E-state index contributed by atoms with van der Waals surface area (Å²) in [7, 11) is 0. The number of esters is 3. The molecule has 0 N–H and O–H groups in total. The van der Waals surface area contributed by atoms with Crippen molar-refractivity contribution < 1.29 is 28.6 Å². The Balaban J connectivity index is 4.09. The molecule has 0 radical (unpaired) electrons. The van der Waals surface area contributed by atoms with Gasteiger partial charge in [0, 0.05) is 19.3 Å². The zero-order valence-electron chi connectivity index (χ0n) is 48.5. The van der Waals surface area contributed by atoms with E-state index in [1.807, 2.05) is 0 Å². The number of hydrogen-bond acceptors (Lipinski definition) is 6. The van der Waals surface area contributed by atoms with Crippen LogP contribution in [0, 0.1) is 0 Å². The molecule has 0 aliphatic rings. The number of carbonyl (C=O) groups is 3. The fourth-order valence-electron chi connectivity index (χ4n) is 9.54. The first-order valence-electron chi connectivity index (χ1n) is 32.0. The number of hydrogen-bond donors (Lipinski definition) is 0. The highest BCUT2D eigenvalue weighted by molar-refractivity contribution is 5.71. The van der Waals surface area contributed by atoms with Crippen LogP contribution in [0.4, 0.5) is 0 Å². The van der Waals surface area contributed by atoms with E-state index in [2.05, 4.69) is 57.2 Å². The Morgan fingerprint density at radius 3 is 0.861 bits per heavy atom. The molecule has 6 nitrogen and oxygen atoms in total. The third-order valence-electron chi connectivity index (χ3n) is 14.3. The first-order valence-corrected chi connectivity index (χ1v) is 32.0. The van der Waals surface area contributed by atoms with E-state index in [0.717, 1.165) is 96.3 Å². The maximum atomic E-state index is 12.8. The molecule has 1 atom stereocenters. The highest BCUT2D eigenvalue weighted by atomic mass is 16.6. The van der Waals surface area contributed by atoms with Gasteiger partial charge >= 0.3 is 17.9 Å². The SMILES string of the molecule is CCC/C=C\CCCCCCCC(=O)OCC(COC(=O)CCCCCCCCCCCCCCCCCCCCCCCCCCCCCCC)OC(=O)CCCCCCC/C=C\C/C=C\CCCCC. The van der Waals surface area contributed by atoms with Crippen molar-refractivity contribution in [1.29, 1.82) is 0 Å². The second-order valence-corrected chi connectivity index (χ2v) is 21.7. The Labute approximate surface area is 448 Å². The van der Waals surface area contributed by atoms with Gasteiger partial charge in [-0.3, -0.25) is 14.4 Å². The molecule has 6 heteroatoms. The predicted octanol–water partition coefficient (Wildman–Crippen LogP) is 21.6. The molecule has 0 rings (SSSR count). The van der Waals surface area contributed by atoms with Crippen LogP contribution in [0.25, 0.3) is 0 Å². The van der Waals surface area contributed by atoms with Crippen LogP contribution in [0.1, 0.15) is 348 Å². The molecular formula is C66H122O6. The van der Waals surface area contributed by atoms with E-state index in [1.54, 1.807) is 0 Å². The summed E-state index contributed by atoms with van der Waals surface area (Å²) in [6, 6.07) is 0. The Morgan fingerprint density at radius 1 is 0.278 bits per heavy atom. The zero-order chi connectivity index (χ0) is 52.2. The molecular weight excluding hydrogens is 889 g/mol. The molecule has 0 amide bonds. The normalized spacial score (nSPS) is 12.2. The summed E-state index contributed by atoms with van der Waals surface area (Å²) in [6.07, 6.45) is 74.7. The summed E-state index contributed by atoms with van der Waals surface area (Å²) < 4.78 is 16.9. The first-order chi connectivity index (χ1) is 35.5. The second-order valence-electron chi connectivity index (χ2n) is 21.7. The van der Waals surface area contributed by atoms with Crippen molar-refractivity contribution in [3.05, 3.63) is 36.5 Å². The molecule has 72 heavy (non-hydrogen) atoms. The molecule has 0 aromatic carbocycles. The molecule has 0 saturated carbocycles. The molecule has 1 unspecified atom stereocenters. The van der Waals surface area contributed by atoms with Crippen LogP contribution < -0.4 is 0 Å². The second kappa shape index (κ2) is 61.2. The largest absolute Gasteiger partial charge is 0.462 e. The van der Waals surface area contributed by atoms with E-state index >= 15 is 0 Å². The molecule has 0 spiro atoms. The van der Waals surface area contributed by atoms with Gasteiger partial charge in [0.25, 0.3) is 0 Å². The van der Waals surface area contributed by atoms with Crippen molar-refractivity contribution in [2.75, 3.05) is 13.2 Å². The summed E-state index contributed by atoms with van der Waals surface area (Å²) in [5.74, 6) is -0.884. The van der Waals surface area contributed by atoms with E-state index in [-0.39, 0.29) is 31.1 Å². The lowest BCUT2D eigenvalue weighted by Crippen LogP contribution is -2.30. The lowest BCUT2D eigenvalue weighted by molar-refractivity contribution is -0.167. The Morgan fingerprint density at radius 2 is 0.528 bits per heavy atom. The zero-order valence-corrected chi connectivity index (χ0v) is 48.5. The van der Waals surface area contributed by atoms with Crippen LogP contribution in [0.15, 0.2) is 36.5 Å². The van der Waals surface area contributed by atoms with Crippen molar-refractivity contribution in [1.82, 2.24) is 0 Å². The van der Waals surface area contributed by atoms with E-state index in [0.29, 0.717) is 19.3 Å². The molecule has 0 aliphatic heterocycles. The van der Waals surface area contributed by atoms with Gasteiger partial charge in [-0.1, -0.05) is 295 Å². The van der Waals surface area contributed by atoms with Crippen LogP contribution in [-0.2, 0) is 28.6 Å². The lowest BCUT2D eigenvalue weighted by Gasteiger charge is -2.18. The third kappa shape index (κ3) is 58.5. The highest BCUT2D eigenvalue weighted by Crippen LogP contribution is 2.18. The fraction of sp³-hybridized carbons (Fsp3) is 0.864. The average molecular weight is 1010 g/mol. The Kier molecular flexibility index (Phi) is 59.2. The van der Waals surface area contributed by atoms with Gasteiger partial charge in [0.15, 0.2) is 6.10 Å². The van der Waals surface area contributed by atoms with Crippen LogP contribution >= 0.6 is 0 Å². The van der Waals surface area contributed by atoms with E-state index in [1.165, 1.54) is 212 Å². The minimum Gasteiger partial charge on any atom is -0.462 e. The summed E-state index contributed by atoms with van der Waals surface area (Å²) in [4.78, 5) is 38.1. The quantitative estimate of drug-likeness (QED) is 0.0261. The summed E-state index contributed by atoms with van der Waals surface area (Å²) in [5.41, 5.74) is 0. The van der Waals surface area contributed by atoms with E-state index < -0.39 is 6.10 Å². The number of rotatable bonds is 59. The number of unbranched alkanes of at least 4 members (excludes halogenated alkanes) is 42. The maximum absolute atomic E-state index is 12.8. The minimum atomic E-state index is -0.780. The van der Waals surface area contributed by atoms with Gasteiger partial charge in [0.1, 0.15) is 13.2 Å². The summed E-state index contributed by atoms with van der Waals surface area (Å²) in [6.45, 7) is 6.58. The van der Waals surface area contributed by atoms with E-state index in [4.69, 9.17) is 14.2 Å². The van der Waals surface area contributed by atoms with Crippen molar-refractivity contribution in [3.8, 4) is 0 Å². The molecule has 0 bridgehead atoms. The number of carbonyl (C=O) groups excluding carboxylic acids is 3. The van der Waals surface area contributed by atoms with Crippen molar-refractivity contribution in [2.45, 2.75) is 354 Å². The molecule has 422 valence electrons. The molecule has 0 aliphatic carbocycles. The highest BCUT2D eigenvalue weighted by Gasteiger charge is 2.19. The first kappa shape index (κ1) is 69.6. The fourth-order valence-corrected chi connectivity index (χ4v) is 9.54. The Bertz CT molecular complexity index is 1210. The smallest absolute Gasteiger partial charge is 0.306 e. The van der Waals surface area contributed by atoms with Gasteiger partial charge < -0.3 is 14.2 Å². The van der Waals surface area contributed by atoms with Gasteiger partial charge in [-0.05, 0) is 70.6 Å².